The minimum atomic E-state index is -0.790. The summed E-state index contributed by atoms with van der Waals surface area (Å²) in [6.45, 7) is 0. The maximum Gasteiger partial charge on any atom is 0 e. The fraction of sp³-hybridized carbons (Fsp3) is 0. The second kappa shape index (κ2) is 17.5. The molecule has 0 unspecified atom stereocenters. The van der Waals surface area contributed by atoms with Crippen LogP contribution in [-0.2, 0) is 102 Å². The number of nitrogens with zero attached hydrogens (tertiary/aromatic N) is 2. The second-order valence-electron chi connectivity index (χ2n) is 3.95. The zero-order chi connectivity index (χ0) is 15.4. The maximum atomic E-state index is 11.0. The van der Waals surface area contributed by atoms with Crippen LogP contribution in [0.25, 0.3) is 15.8 Å². The van der Waals surface area contributed by atoms with Crippen molar-refractivity contribution in [1.82, 2.24) is 4.98 Å². The van der Waals surface area contributed by atoms with Gasteiger partial charge in [-0.1, -0.05) is 0 Å². The molecule has 2 rings (SSSR count). The molecule has 2 N–H and O–H groups in total. The Morgan fingerprint density at radius 2 is 1.73 bits per heavy atom. The first-order chi connectivity index (χ1) is 9.97. The van der Waals surface area contributed by atoms with Crippen LogP contribution < -0.4 is 3.82 Å². The smallest absolute Gasteiger partial charge is 0 e. The van der Waals surface area contributed by atoms with E-state index in [1.54, 1.807) is 16.1 Å². The number of aromatic nitrogens is 1. The minimum absolute atomic E-state index is 0. The predicted molar refractivity (Wildman–Crippen MR) is 81.8 cm³/mol. The monoisotopic (exact) mass is 1330 g/mol. The molecule has 1 heterocycles. The van der Waals surface area contributed by atoms with E-state index in [4.69, 9.17) is 11.5 Å². The molecular weight excluding hydrogens is 1320 g/mol. The van der Waals surface area contributed by atoms with Crippen molar-refractivity contribution in [2.75, 3.05) is 3.82 Å². The number of carbonyl (C=O) groups is 1. The summed E-state index contributed by atoms with van der Waals surface area (Å²) in [6.07, 6.45) is 6.00. The zero-order valence-corrected chi connectivity index (χ0v) is 29.8. The van der Waals surface area contributed by atoms with E-state index in [2.05, 4.69) is 57.2 Å². The number of rotatable bonds is 4. The third-order valence-corrected chi connectivity index (χ3v) is 3.87. The van der Waals surface area contributed by atoms with Crippen molar-refractivity contribution in [3.63, 3.8) is 0 Å². The van der Waals surface area contributed by atoms with E-state index < -0.39 is 5.91 Å². The molecule has 0 fully saturated rings. The molecule has 0 bridgehead atoms. The largest absolute Gasteiger partial charge is 0 e. The Balaban J connectivity index is -0.000000484. The Kier molecular flexibility index (Phi) is 23.6. The molecule has 0 aliphatic rings. The van der Waals surface area contributed by atoms with Crippen LogP contribution in [-0.4, -0.2) is 44.8 Å². The fourth-order valence-electron chi connectivity index (χ4n) is 1.45. The van der Waals surface area contributed by atoms with E-state index in [0.29, 0.717) is 16.9 Å². The molecule has 9 radical (unpaired) electrons. The molecule has 1 aromatic heterocycles. The molecule has 139 valence electrons. The maximum absolute atomic E-state index is 11.0. The number of pyridine rings is 1. The molecule has 0 spiro atoms. The molecule has 1 amide bonds. The first-order valence-electron chi connectivity index (χ1n) is 5.65. The van der Waals surface area contributed by atoms with Crippen molar-refractivity contribution < 1.29 is 107 Å². The van der Waals surface area contributed by atoms with Gasteiger partial charge in [0.05, 0.1) is 0 Å². The molecular formula is C14H7As2N4ORe5-5. The molecule has 2 aromatic rings. The van der Waals surface area contributed by atoms with Crippen LogP contribution in [0.2, 0.25) is 0 Å². The van der Waals surface area contributed by atoms with Gasteiger partial charge in [-0.05, 0) is 0 Å². The van der Waals surface area contributed by atoms with Crippen molar-refractivity contribution >= 4 is 55.6 Å². The summed E-state index contributed by atoms with van der Waals surface area (Å²) < 4.78 is 2.50. The van der Waals surface area contributed by atoms with E-state index in [1.807, 2.05) is 0 Å². The first-order valence-corrected chi connectivity index (χ1v) is 7.43. The van der Waals surface area contributed by atoms with E-state index in [9.17, 15) is 4.79 Å². The number of benzene rings is 1. The van der Waals surface area contributed by atoms with Gasteiger partial charge in [0.15, 0.2) is 0 Å². The van der Waals surface area contributed by atoms with E-state index >= 15 is 0 Å². The van der Waals surface area contributed by atoms with E-state index in [0.717, 1.165) is 4.36 Å². The van der Waals surface area contributed by atoms with Gasteiger partial charge in [-0.15, -0.1) is 0 Å². The Morgan fingerprint density at radius 1 is 1.12 bits per heavy atom. The van der Waals surface area contributed by atoms with Crippen molar-refractivity contribution in [3.8, 4) is 0 Å². The Morgan fingerprint density at radius 3 is 2.27 bits per heavy atom. The molecule has 0 saturated carbocycles. The average molecular weight is 1330 g/mol. The van der Waals surface area contributed by atoms with Gasteiger partial charge in [-0.2, -0.15) is 0 Å². The van der Waals surface area contributed by atoms with Crippen LogP contribution in [0.4, 0.5) is 11.4 Å². The topological polar surface area (TPSA) is 80.8 Å². The van der Waals surface area contributed by atoms with Gasteiger partial charge in [-0.3, -0.25) is 0 Å². The third kappa shape index (κ3) is 11.0. The molecule has 0 saturated heterocycles. The molecule has 26 heavy (non-hydrogen) atoms. The van der Waals surface area contributed by atoms with Crippen LogP contribution in [0, 0.1) is 18.3 Å². The van der Waals surface area contributed by atoms with Crippen LogP contribution >= 0.6 is 0 Å². The summed E-state index contributed by atoms with van der Waals surface area (Å²) in [5, 5.41) is 0. The normalized spacial score (nSPS) is 9.08. The molecule has 0 atom stereocenters. The van der Waals surface area contributed by atoms with Gasteiger partial charge in [-0.25, -0.2) is 0 Å². The number of hydrogen-bond acceptors (Lipinski definition) is 3. The quantitative estimate of drug-likeness (QED) is 0.349. The third-order valence-electron chi connectivity index (χ3n) is 2.43. The SMILES string of the molecule is [NH-]C(=O)c1[c-]c[c-]c(N([As])/C=C(\[As])c2[c-]ncc([NH-])c2)c1.[Re].[Re].[Re].[Re].[Re]. The fourth-order valence-corrected chi connectivity index (χ4v) is 2.85. The Hall–Kier alpha value is 1.61. The number of nitrogens with one attached hydrogen (secondary N) is 2. The van der Waals surface area contributed by atoms with Gasteiger partial charge >= 0.3 is 141 Å². The Bertz CT molecular complexity index is 721. The van der Waals surface area contributed by atoms with Gasteiger partial charge in [0, 0.05) is 102 Å². The molecule has 0 aliphatic carbocycles. The van der Waals surface area contributed by atoms with Gasteiger partial charge in [0.1, 0.15) is 0 Å². The van der Waals surface area contributed by atoms with E-state index in [-0.39, 0.29) is 108 Å². The van der Waals surface area contributed by atoms with Crippen LogP contribution in [0.3, 0.4) is 0 Å². The summed E-state index contributed by atoms with van der Waals surface area (Å²) in [5.74, 6) is -0.790. The number of amides is 1. The van der Waals surface area contributed by atoms with Crippen molar-refractivity contribution in [2.24, 2.45) is 0 Å². The van der Waals surface area contributed by atoms with Crippen LogP contribution in [0.1, 0.15) is 15.9 Å². The predicted octanol–water partition coefficient (Wildman–Crippen LogP) is 2.40. The summed E-state index contributed by atoms with van der Waals surface area (Å²) in [7, 11) is 0. The summed E-state index contributed by atoms with van der Waals surface area (Å²) in [4.78, 5) is 14.9. The van der Waals surface area contributed by atoms with Crippen molar-refractivity contribution in [2.45, 2.75) is 0 Å². The van der Waals surface area contributed by atoms with Crippen LogP contribution in [0.15, 0.2) is 30.6 Å². The molecule has 1 aromatic carbocycles. The average Bonchev–Trinajstić information content (AvgIpc) is 2.47. The van der Waals surface area contributed by atoms with Crippen LogP contribution in [0.5, 0.6) is 0 Å². The van der Waals surface area contributed by atoms with Crippen molar-refractivity contribution in [3.05, 3.63) is 71.5 Å². The number of anilines is 1. The van der Waals surface area contributed by atoms with Gasteiger partial charge in [0.25, 0.3) is 0 Å². The summed E-state index contributed by atoms with van der Waals surface area (Å²) in [5.41, 5.74) is 16.4. The minimum Gasteiger partial charge on any atom is 0 e. The number of carbonyl (C=O) groups excluding carboxylic acids is 1. The molecule has 12 heteroatoms. The Labute approximate surface area is 239 Å². The molecule has 5 nitrogen and oxygen atoms in total. The first kappa shape index (κ1) is 35.1. The summed E-state index contributed by atoms with van der Waals surface area (Å²) in [6, 6.07) is 10.3. The van der Waals surface area contributed by atoms with Gasteiger partial charge in [0.2, 0.25) is 0 Å². The standard InChI is InChI=1S/C14H8As2N4O.5Re/c15-13(10-4-11(17)7-19-6-10)8-20(16)12-3-1-2-9(5-12)14(18)21;;;;;/h1,4-5,7-8,17H,(H2,18,21);;;;;/q-4;;;;;/p-1/b13-8-;;;;;. The number of hydrogen-bond donors (Lipinski definition) is 0. The van der Waals surface area contributed by atoms with E-state index in [1.165, 1.54) is 18.3 Å². The van der Waals surface area contributed by atoms with Crippen molar-refractivity contribution in [1.29, 1.82) is 0 Å². The van der Waals surface area contributed by atoms with Gasteiger partial charge < -0.3 is 0 Å². The summed E-state index contributed by atoms with van der Waals surface area (Å²) >= 11 is 4.69. The second-order valence-corrected chi connectivity index (χ2v) is 5.86. The zero-order valence-electron chi connectivity index (χ0n) is 12.5. The molecule has 0 aliphatic heterocycles.